The molecule has 106 valence electrons. The van der Waals surface area contributed by atoms with E-state index in [1.807, 2.05) is 12.1 Å². The van der Waals surface area contributed by atoms with Crippen molar-refractivity contribution in [3.8, 4) is 0 Å². The second kappa shape index (κ2) is 5.57. The van der Waals surface area contributed by atoms with E-state index in [4.69, 9.17) is 4.74 Å². The first-order valence-corrected chi connectivity index (χ1v) is 6.66. The second-order valence-corrected chi connectivity index (χ2v) is 5.72. The molecule has 4 heteroatoms. The molecule has 0 radical (unpaired) electrons. The lowest BCUT2D eigenvalue weighted by Gasteiger charge is -2.40. The fourth-order valence-electron chi connectivity index (χ4n) is 2.36. The van der Waals surface area contributed by atoms with E-state index < -0.39 is 0 Å². The third kappa shape index (κ3) is 2.96. The molecule has 3 nitrogen and oxygen atoms in total. The van der Waals surface area contributed by atoms with Crippen LogP contribution >= 0.6 is 0 Å². The van der Waals surface area contributed by atoms with Gasteiger partial charge in [-0.2, -0.15) is 0 Å². The number of benzene rings is 1. The van der Waals surface area contributed by atoms with Crippen molar-refractivity contribution in [2.45, 2.75) is 26.8 Å². The first-order chi connectivity index (χ1) is 8.97. The Kier molecular flexibility index (Phi) is 4.23. The van der Waals surface area contributed by atoms with E-state index in [2.05, 4.69) is 12.2 Å². The van der Waals surface area contributed by atoms with Gasteiger partial charge in [0.1, 0.15) is 5.82 Å². The minimum Gasteiger partial charge on any atom is -0.396 e. The lowest BCUT2D eigenvalue weighted by atomic mass is 9.86. The van der Waals surface area contributed by atoms with Gasteiger partial charge < -0.3 is 15.2 Å². The summed E-state index contributed by atoms with van der Waals surface area (Å²) in [6.45, 7) is 7.67. The van der Waals surface area contributed by atoms with Crippen LogP contribution < -0.4 is 5.32 Å². The van der Waals surface area contributed by atoms with Gasteiger partial charge in [0, 0.05) is 12.6 Å². The van der Waals surface area contributed by atoms with Gasteiger partial charge in [0.05, 0.1) is 25.2 Å². The summed E-state index contributed by atoms with van der Waals surface area (Å²) in [5.74, 6) is -0.129. The predicted molar refractivity (Wildman–Crippen MR) is 72.6 cm³/mol. The smallest absolute Gasteiger partial charge is 0.129 e. The van der Waals surface area contributed by atoms with Crippen LogP contribution in [-0.2, 0) is 4.74 Å². The summed E-state index contributed by atoms with van der Waals surface area (Å²) in [5, 5.41) is 12.8. The van der Waals surface area contributed by atoms with Crippen LogP contribution in [0.3, 0.4) is 0 Å². The summed E-state index contributed by atoms with van der Waals surface area (Å²) in [6.07, 6.45) is 0. The minimum atomic E-state index is -0.140. The summed E-state index contributed by atoms with van der Waals surface area (Å²) in [5.41, 5.74) is 2.28. The molecule has 1 fully saturated rings. The zero-order valence-electron chi connectivity index (χ0n) is 11.8. The normalized spacial score (nSPS) is 19.0. The van der Waals surface area contributed by atoms with Crippen molar-refractivity contribution < 1.29 is 14.2 Å². The van der Waals surface area contributed by atoms with Gasteiger partial charge in [-0.05, 0) is 37.5 Å². The molecule has 0 aliphatic carbocycles. The van der Waals surface area contributed by atoms with Crippen molar-refractivity contribution in [1.29, 1.82) is 0 Å². The molecule has 1 aliphatic heterocycles. The summed E-state index contributed by atoms with van der Waals surface area (Å²) in [4.78, 5) is 0. The number of aliphatic hydroxyl groups is 1. The highest BCUT2D eigenvalue weighted by Gasteiger charge is 2.38. The number of hydrogen-bond acceptors (Lipinski definition) is 3. The Morgan fingerprint density at radius 2 is 1.95 bits per heavy atom. The standard InChI is InChI=1S/C15H22FNO2/c1-10-4-13(5-11(2)14(10)16)12(3)17-6-15(7-18)8-19-9-15/h4-5,12,17-18H,6-9H2,1-3H3. The van der Waals surface area contributed by atoms with Crippen LogP contribution in [-0.4, -0.2) is 31.5 Å². The van der Waals surface area contributed by atoms with E-state index in [-0.39, 0.29) is 23.9 Å². The number of nitrogens with one attached hydrogen (secondary N) is 1. The number of rotatable bonds is 5. The molecular formula is C15H22FNO2. The largest absolute Gasteiger partial charge is 0.396 e. The number of ether oxygens (including phenoxy) is 1. The first-order valence-electron chi connectivity index (χ1n) is 6.66. The topological polar surface area (TPSA) is 41.5 Å². The van der Waals surface area contributed by atoms with Crippen molar-refractivity contribution >= 4 is 0 Å². The number of aryl methyl sites for hydroxylation is 2. The molecule has 2 N–H and O–H groups in total. The van der Waals surface area contributed by atoms with Gasteiger partial charge in [-0.3, -0.25) is 0 Å². The SMILES string of the molecule is Cc1cc(C(C)NCC2(CO)COC2)cc(C)c1F. The molecule has 1 saturated heterocycles. The molecule has 0 spiro atoms. The van der Waals surface area contributed by atoms with E-state index in [0.717, 1.165) is 5.56 Å². The summed E-state index contributed by atoms with van der Waals surface area (Å²) in [6, 6.07) is 3.88. The quantitative estimate of drug-likeness (QED) is 0.858. The Morgan fingerprint density at radius 3 is 2.37 bits per heavy atom. The highest BCUT2D eigenvalue weighted by atomic mass is 19.1. The van der Waals surface area contributed by atoms with E-state index >= 15 is 0 Å². The Balaban J connectivity index is 2.02. The molecule has 0 amide bonds. The maximum absolute atomic E-state index is 13.6. The van der Waals surface area contributed by atoms with Gasteiger partial charge in [-0.25, -0.2) is 4.39 Å². The third-order valence-corrected chi connectivity index (χ3v) is 3.89. The summed E-state index contributed by atoms with van der Waals surface area (Å²) < 4.78 is 18.8. The Hall–Kier alpha value is -0.970. The van der Waals surface area contributed by atoms with Crippen molar-refractivity contribution in [2.75, 3.05) is 26.4 Å². The summed E-state index contributed by atoms with van der Waals surface area (Å²) in [7, 11) is 0. The predicted octanol–water partition coefficient (Wildman–Crippen LogP) is 2.10. The van der Waals surface area contributed by atoms with Crippen LogP contribution in [0.1, 0.15) is 29.7 Å². The molecule has 1 aromatic carbocycles. The van der Waals surface area contributed by atoms with Gasteiger partial charge in [0.2, 0.25) is 0 Å². The number of hydrogen-bond donors (Lipinski definition) is 2. The lowest BCUT2D eigenvalue weighted by Crippen LogP contribution is -2.52. The Labute approximate surface area is 113 Å². The highest BCUT2D eigenvalue weighted by Crippen LogP contribution is 2.27. The molecule has 1 atom stereocenters. The Morgan fingerprint density at radius 1 is 1.37 bits per heavy atom. The van der Waals surface area contributed by atoms with E-state index in [0.29, 0.717) is 30.9 Å². The fourth-order valence-corrected chi connectivity index (χ4v) is 2.36. The van der Waals surface area contributed by atoms with Gasteiger partial charge in [-0.15, -0.1) is 0 Å². The zero-order chi connectivity index (χ0) is 14.0. The van der Waals surface area contributed by atoms with Gasteiger partial charge in [-0.1, -0.05) is 12.1 Å². The van der Waals surface area contributed by atoms with E-state index in [1.165, 1.54) is 0 Å². The monoisotopic (exact) mass is 267 g/mol. The molecule has 2 rings (SSSR count). The molecule has 0 saturated carbocycles. The molecule has 1 aliphatic rings. The van der Waals surface area contributed by atoms with Crippen LogP contribution in [0.25, 0.3) is 0 Å². The third-order valence-electron chi connectivity index (χ3n) is 3.89. The van der Waals surface area contributed by atoms with Gasteiger partial charge in [0.25, 0.3) is 0 Å². The van der Waals surface area contributed by atoms with Crippen LogP contribution in [0.2, 0.25) is 0 Å². The zero-order valence-corrected chi connectivity index (χ0v) is 11.8. The fraction of sp³-hybridized carbons (Fsp3) is 0.600. The highest BCUT2D eigenvalue weighted by molar-refractivity contribution is 5.32. The van der Waals surface area contributed by atoms with Crippen molar-refractivity contribution in [1.82, 2.24) is 5.32 Å². The molecule has 19 heavy (non-hydrogen) atoms. The molecular weight excluding hydrogens is 245 g/mol. The molecule has 0 bridgehead atoms. The first kappa shape index (κ1) is 14.4. The van der Waals surface area contributed by atoms with Crippen LogP contribution in [0.15, 0.2) is 12.1 Å². The average Bonchev–Trinajstić information content (AvgIpc) is 2.34. The lowest BCUT2D eigenvalue weighted by molar-refractivity contribution is -0.135. The minimum absolute atomic E-state index is 0.127. The molecule has 1 unspecified atom stereocenters. The number of halogens is 1. The average molecular weight is 267 g/mol. The van der Waals surface area contributed by atoms with Crippen molar-refractivity contribution in [2.24, 2.45) is 5.41 Å². The van der Waals surface area contributed by atoms with Crippen LogP contribution in [0.4, 0.5) is 4.39 Å². The molecule has 0 aromatic heterocycles. The Bertz CT molecular complexity index is 429. The van der Waals surface area contributed by atoms with Crippen LogP contribution in [0.5, 0.6) is 0 Å². The maximum atomic E-state index is 13.6. The maximum Gasteiger partial charge on any atom is 0.129 e. The molecule has 1 heterocycles. The van der Waals surface area contributed by atoms with E-state index in [1.54, 1.807) is 13.8 Å². The van der Waals surface area contributed by atoms with Crippen LogP contribution in [0, 0.1) is 25.1 Å². The molecule has 1 aromatic rings. The van der Waals surface area contributed by atoms with Gasteiger partial charge >= 0.3 is 0 Å². The van der Waals surface area contributed by atoms with E-state index in [9.17, 15) is 9.50 Å². The van der Waals surface area contributed by atoms with Crippen molar-refractivity contribution in [3.63, 3.8) is 0 Å². The summed E-state index contributed by atoms with van der Waals surface area (Å²) >= 11 is 0. The number of aliphatic hydroxyl groups excluding tert-OH is 1. The van der Waals surface area contributed by atoms with Gasteiger partial charge in [0.15, 0.2) is 0 Å². The second-order valence-electron chi connectivity index (χ2n) is 5.72. The van der Waals surface area contributed by atoms with Crippen molar-refractivity contribution in [3.05, 3.63) is 34.6 Å².